The SMILES string of the molecule is CCCC1=C(C(=O)OCC)[C@@H](c2ccc(C(C)C)cc2)n2c(s/c(=C\c3cc(Br)cc(Br)c3OCc3ccccc3)c2=O)=N1. The summed E-state index contributed by atoms with van der Waals surface area (Å²) in [6.45, 7) is 8.72. The minimum atomic E-state index is -0.654. The van der Waals surface area contributed by atoms with Crippen molar-refractivity contribution >= 4 is 55.2 Å². The summed E-state index contributed by atoms with van der Waals surface area (Å²) in [5.74, 6) is 0.534. The Kier molecular flexibility index (Phi) is 10.4. The molecule has 0 fully saturated rings. The summed E-state index contributed by atoms with van der Waals surface area (Å²) in [5, 5.41) is 0. The van der Waals surface area contributed by atoms with Crippen molar-refractivity contribution in [2.24, 2.45) is 4.99 Å². The highest BCUT2D eigenvalue weighted by Crippen LogP contribution is 2.35. The number of fused-ring (bicyclic) bond motifs is 1. The summed E-state index contributed by atoms with van der Waals surface area (Å²) in [6, 6.07) is 21.3. The number of halogens is 2. The molecule has 6 nitrogen and oxygen atoms in total. The molecule has 1 aliphatic heterocycles. The normalized spacial score (nSPS) is 14.9. The summed E-state index contributed by atoms with van der Waals surface area (Å²) in [4.78, 5) is 33.2. The van der Waals surface area contributed by atoms with Gasteiger partial charge in [-0.15, -0.1) is 0 Å². The van der Waals surface area contributed by atoms with Gasteiger partial charge < -0.3 is 9.47 Å². The fourth-order valence-corrected chi connectivity index (χ4v) is 7.59. The maximum Gasteiger partial charge on any atom is 0.338 e. The summed E-state index contributed by atoms with van der Waals surface area (Å²) in [7, 11) is 0. The van der Waals surface area contributed by atoms with Crippen molar-refractivity contribution in [1.82, 2.24) is 4.57 Å². The zero-order valence-corrected chi connectivity index (χ0v) is 29.1. The molecule has 1 aromatic heterocycles. The van der Waals surface area contributed by atoms with Gasteiger partial charge in [0.15, 0.2) is 4.80 Å². The number of carbonyl (C=O) groups excluding carboxylic acids is 1. The van der Waals surface area contributed by atoms with E-state index in [4.69, 9.17) is 14.5 Å². The number of thiazole rings is 1. The van der Waals surface area contributed by atoms with Gasteiger partial charge in [-0.2, -0.15) is 0 Å². The van der Waals surface area contributed by atoms with Gasteiger partial charge in [0.2, 0.25) is 0 Å². The van der Waals surface area contributed by atoms with Crippen LogP contribution in [0.15, 0.2) is 96.7 Å². The van der Waals surface area contributed by atoms with E-state index in [1.807, 2.05) is 60.7 Å². The van der Waals surface area contributed by atoms with Crippen LogP contribution in [0, 0.1) is 0 Å². The summed E-state index contributed by atoms with van der Waals surface area (Å²) < 4.78 is 15.5. The number of esters is 1. The van der Waals surface area contributed by atoms with Gasteiger partial charge in [-0.25, -0.2) is 9.79 Å². The summed E-state index contributed by atoms with van der Waals surface area (Å²) >= 11 is 8.55. The molecule has 3 aromatic carbocycles. The maximum absolute atomic E-state index is 14.3. The molecule has 4 aromatic rings. The quantitative estimate of drug-likeness (QED) is 0.156. The van der Waals surface area contributed by atoms with Gasteiger partial charge in [0.05, 0.1) is 32.9 Å². The number of aromatic nitrogens is 1. The Hall–Kier alpha value is -3.27. The first-order valence-corrected chi connectivity index (χ1v) is 17.1. The number of benzene rings is 3. The zero-order valence-electron chi connectivity index (χ0n) is 25.1. The molecule has 2 heterocycles. The minimum Gasteiger partial charge on any atom is -0.487 e. The van der Waals surface area contributed by atoms with Gasteiger partial charge in [-0.1, -0.05) is 109 Å². The van der Waals surface area contributed by atoms with E-state index >= 15 is 0 Å². The lowest BCUT2D eigenvalue weighted by molar-refractivity contribution is -0.139. The Morgan fingerprint density at radius 3 is 2.45 bits per heavy atom. The molecule has 9 heteroatoms. The third-order valence-corrected chi connectivity index (χ3v) is 9.39. The van der Waals surface area contributed by atoms with Gasteiger partial charge >= 0.3 is 5.97 Å². The first kappa shape index (κ1) is 32.1. The maximum atomic E-state index is 14.3. The Balaban J connectivity index is 1.69. The largest absolute Gasteiger partial charge is 0.487 e. The standard InChI is InChI=1S/C35H34Br2N2O4S/c1-5-10-28-30(34(41)42-6-2)31(24-15-13-23(14-16-24)21(3)4)39-33(40)29(44-35(39)38-28)18-25-17-26(36)19-27(37)32(25)43-20-22-11-8-7-9-12-22/h7-9,11-19,21,31H,5-6,10,20H2,1-4H3/b29-18-/t31-/m1/s1. The van der Waals surface area contributed by atoms with E-state index in [2.05, 4.69) is 64.8 Å². The number of rotatable bonds is 10. The highest BCUT2D eigenvalue weighted by molar-refractivity contribution is 9.11. The highest BCUT2D eigenvalue weighted by atomic mass is 79.9. The molecule has 0 spiro atoms. The average Bonchev–Trinajstić information content (AvgIpc) is 3.30. The third kappa shape index (κ3) is 6.85. The zero-order chi connectivity index (χ0) is 31.4. The number of nitrogens with zero attached hydrogens (tertiary/aromatic N) is 2. The summed E-state index contributed by atoms with van der Waals surface area (Å²) in [6.07, 6.45) is 3.23. The molecule has 0 aliphatic carbocycles. The number of carbonyl (C=O) groups is 1. The predicted molar refractivity (Wildman–Crippen MR) is 183 cm³/mol. The molecule has 0 saturated carbocycles. The van der Waals surface area contributed by atoms with E-state index in [1.165, 1.54) is 16.9 Å². The number of allylic oxidation sites excluding steroid dienone is 1. The number of hydrogen-bond donors (Lipinski definition) is 0. The average molecular weight is 739 g/mol. The minimum absolute atomic E-state index is 0.228. The lowest BCUT2D eigenvalue weighted by Gasteiger charge is -2.26. The highest BCUT2D eigenvalue weighted by Gasteiger charge is 2.34. The van der Waals surface area contributed by atoms with Crippen molar-refractivity contribution in [3.05, 3.63) is 129 Å². The fraction of sp³-hybridized carbons (Fsp3) is 0.286. The Morgan fingerprint density at radius 2 is 1.80 bits per heavy atom. The van der Waals surface area contributed by atoms with Crippen LogP contribution in [0.4, 0.5) is 0 Å². The van der Waals surface area contributed by atoms with E-state index < -0.39 is 12.0 Å². The van der Waals surface area contributed by atoms with E-state index in [0.717, 1.165) is 32.1 Å². The molecule has 1 atom stereocenters. The van der Waals surface area contributed by atoms with Crippen LogP contribution >= 0.6 is 43.2 Å². The molecule has 1 aliphatic rings. The molecular weight excluding hydrogens is 704 g/mol. The van der Waals surface area contributed by atoms with Crippen molar-refractivity contribution in [1.29, 1.82) is 0 Å². The molecule has 0 radical (unpaired) electrons. The lowest BCUT2D eigenvalue weighted by Crippen LogP contribution is -2.40. The smallest absolute Gasteiger partial charge is 0.338 e. The van der Waals surface area contributed by atoms with Gasteiger partial charge in [0.1, 0.15) is 12.4 Å². The Bertz CT molecular complexity index is 1880. The van der Waals surface area contributed by atoms with Gasteiger partial charge in [-0.05, 0) is 70.1 Å². The van der Waals surface area contributed by atoms with E-state index in [-0.39, 0.29) is 12.2 Å². The van der Waals surface area contributed by atoms with E-state index in [0.29, 0.717) is 45.3 Å². The molecule has 5 rings (SSSR count). The van der Waals surface area contributed by atoms with Crippen molar-refractivity contribution in [3.63, 3.8) is 0 Å². The van der Waals surface area contributed by atoms with Crippen molar-refractivity contribution < 1.29 is 14.3 Å². The fourth-order valence-electron chi connectivity index (χ4n) is 5.21. The first-order chi connectivity index (χ1) is 21.2. The van der Waals surface area contributed by atoms with Crippen LogP contribution in [-0.4, -0.2) is 17.1 Å². The van der Waals surface area contributed by atoms with Crippen LogP contribution in [0.1, 0.15) is 74.8 Å². The van der Waals surface area contributed by atoms with Crippen LogP contribution in [0.3, 0.4) is 0 Å². The third-order valence-electron chi connectivity index (χ3n) is 7.36. The molecule has 0 N–H and O–H groups in total. The molecule has 0 unspecified atom stereocenters. The number of hydrogen-bond acceptors (Lipinski definition) is 6. The molecule has 0 bridgehead atoms. The topological polar surface area (TPSA) is 69.9 Å². The Morgan fingerprint density at radius 1 is 1.07 bits per heavy atom. The van der Waals surface area contributed by atoms with Gasteiger partial charge in [-0.3, -0.25) is 9.36 Å². The second-order valence-corrected chi connectivity index (χ2v) is 13.6. The monoisotopic (exact) mass is 736 g/mol. The second-order valence-electron chi connectivity index (χ2n) is 10.8. The molecule has 0 saturated heterocycles. The van der Waals surface area contributed by atoms with Crippen LogP contribution in [0.25, 0.3) is 6.08 Å². The van der Waals surface area contributed by atoms with Crippen molar-refractivity contribution in [2.45, 2.75) is 59.1 Å². The van der Waals surface area contributed by atoms with E-state index in [1.54, 1.807) is 11.5 Å². The Labute approximate surface area is 278 Å². The lowest BCUT2D eigenvalue weighted by atomic mass is 9.92. The van der Waals surface area contributed by atoms with Gasteiger partial charge in [0.25, 0.3) is 5.56 Å². The molecule has 44 heavy (non-hydrogen) atoms. The van der Waals surface area contributed by atoms with Crippen molar-refractivity contribution in [2.75, 3.05) is 6.61 Å². The molecule has 0 amide bonds. The van der Waals surface area contributed by atoms with Crippen LogP contribution in [0.2, 0.25) is 0 Å². The second kappa shape index (κ2) is 14.2. The van der Waals surface area contributed by atoms with Crippen molar-refractivity contribution in [3.8, 4) is 5.75 Å². The first-order valence-electron chi connectivity index (χ1n) is 14.7. The van der Waals surface area contributed by atoms with E-state index in [9.17, 15) is 9.59 Å². The van der Waals surface area contributed by atoms with Gasteiger partial charge in [0, 0.05) is 10.0 Å². The molecular formula is C35H34Br2N2O4S. The van der Waals surface area contributed by atoms with Crippen LogP contribution in [-0.2, 0) is 16.1 Å². The molecule has 228 valence electrons. The van der Waals surface area contributed by atoms with Crippen LogP contribution < -0.4 is 19.6 Å². The summed E-state index contributed by atoms with van der Waals surface area (Å²) in [5.41, 5.74) is 4.64. The number of ether oxygens (including phenoxy) is 2. The van der Waals surface area contributed by atoms with Crippen LogP contribution in [0.5, 0.6) is 5.75 Å². The predicted octanol–water partition coefficient (Wildman–Crippen LogP) is 7.81.